The van der Waals surface area contributed by atoms with Crippen LogP contribution >= 0.6 is 0 Å². The molecule has 0 rings (SSSR count). The maximum absolute atomic E-state index is 11.5. The van der Waals surface area contributed by atoms with Crippen molar-refractivity contribution in [2.45, 2.75) is 19.8 Å². The van der Waals surface area contributed by atoms with Crippen LogP contribution in [0.15, 0.2) is 0 Å². The molecular weight excluding hydrogens is 105 g/mol. The fourth-order valence-electron chi connectivity index (χ4n) is 0.505. The maximum atomic E-state index is 11.5. The quantitative estimate of drug-likeness (QED) is 0.545. The van der Waals surface area contributed by atoms with Gasteiger partial charge in [0.1, 0.15) is 0 Å². The highest BCUT2D eigenvalue weighted by atomic mass is 19.1. The molecule has 0 bridgehead atoms. The first-order chi connectivity index (χ1) is 3.81. The van der Waals surface area contributed by atoms with E-state index in [9.17, 15) is 4.39 Å². The van der Waals surface area contributed by atoms with Gasteiger partial charge < -0.3 is 5.41 Å². The minimum Gasteiger partial charge on any atom is -0.313 e. The van der Waals surface area contributed by atoms with Crippen LogP contribution < -0.4 is 0 Å². The molecule has 8 heavy (non-hydrogen) atoms. The summed E-state index contributed by atoms with van der Waals surface area (Å²) in [7, 11) is 0. The molecule has 0 aromatic heterocycles. The fraction of sp³-hybridized carbons (Fsp3) is 0.833. The standard InChI is InChI=1S/C6H12FN/c1-6(2-4-7)3-5-8/h5-6,8H,2-4H2,1H3/t6-/m1/s1. The molecule has 0 spiro atoms. The molecule has 0 aliphatic carbocycles. The summed E-state index contributed by atoms with van der Waals surface area (Å²) < 4.78 is 11.5. The number of rotatable bonds is 4. The first-order valence-electron chi connectivity index (χ1n) is 2.86. The summed E-state index contributed by atoms with van der Waals surface area (Å²) in [6.07, 6.45) is 2.64. The zero-order valence-electron chi connectivity index (χ0n) is 5.15. The number of nitrogens with one attached hydrogen (secondary N) is 1. The molecule has 0 amide bonds. The van der Waals surface area contributed by atoms with Gasteiger partial charge in [0.15, 0.2) is 0 Å². The molecule has 0 aliphatic heterocycles. The highest BCUT2D eigenvalue weighted by Gasteiger charge is 1.96. The lowest BCUT2D eigenvalue weighted by atomic mass is 10.1. The lowest BCUT2D eigenvalue weighted by Crippen LogP contribution is -1.95. The Labute approximate surface area is 49.4 Å². The van der Waals surface area contributed by atoms with Gasteiger partial charge >= 0.3 is 0 Å². The third-order valence-corrected chi connectivity index (χ3v) is 1.12. The van der Waals surface area contributed by atoms with Crippen LogP contribution in [0.4, 0.5) is 4.39 Å². The van der Waals surface area contributed by atoms with Crippen molar-refractivity contribution in [1.29, 1.82) is 5.41 Å². The fourth-order valence-corrected chi connectivity index (χ4v) is 0.505. The van der Waals surface area contributed by atoms with Crippen molar-refractivity contribution < 1.29 is 4.39 Å². The molecule has 0 aliphatic rings. The molecule has 1 nitrogen and oxygen atoms in total. The van der Waals surface area contributed by atoms with E-state index < -0.39 is 0 Å². The number of halogens is 1. The Kier molecular flexibility index (Phi) is 4.51. The number of hydrogen-bond donors (Lipinski definition) is 1. The molecule has 0 aromatic carbocycles. The van der Waals surface area contributed by atoms with Crippen LogP contribution in [0.1, 0.15) is 19.8 Å². The van der Waals surface area contributed by atoms with E-state index in [0.29, 0.717) is 18.8 Å². The van der Waals surface area contributed by atoms with E-state index in [0.717, 1.165) is 0 Å². The molecule has 48 valence electrons. The van der Waals surface area contributed by atoms with Crippen LogP contribution in [0.2, 0.25) is 0 Å². The average molecular weight is 117 g/mol. The van der Waals surface area contributed by atoms with Gasteiger partial charge in [-0.15, -0.1) is 0 Å². The van der Waals surface area contributed by atoms with E-state index in [-0.39, 0.29) is 6.67 Å². The second-order valence-corrected chi connectivity index (χ2v) is 2.02. The SMILES string of the molecule is C[C@@H](CC=N)CCF. The Hall–Kier alpha value is -0.400. The summed E-state index contributed by atoms with van der Waals surface area (Å²) >= 11 is 0. The minimum atomic E-state index is -0.255. The van der Waals surface area contributed by atoms with Crippen molar-refractivity contribution in [2.24, 2.45) is 5.92 Å². The molecule has 0 radical (unpaired) electrons. The summed E-state index contributed by atoms with van der Waals surface area (Å²) in [6.45, 7) is 1.69. The van der Waals surface area contributed by atoms with Crippen molar-refractivity contribution in [2.75, 3.05) is 6.67 Å². The Morgan fingerprint density at radius 3 is 2.75 bits per heavy atom. The van der Waals surface area contributed by atoms with E-state index >= 15 is 0 Å². The molecule has 0 saturated carbocycles. The predicted molar refractivity (Wildman–Crippen MR) is 33.2 cm³/mol. The van der Waals surface area contributed by atoms with E-state index in [1.165, 1.54) is 6.21 Å². The Balaban J connectivity index is 3.03. The van der Waals surface area contributed by atoms with Crippen molar-refractivity contribution >= 4 is 6.21 Å². The van der Waals surface area contributed by atoms with Crippen molar-refractivity contribution in [1.82, 2.24) is 0 Å². The first-order valence-corrected chi connectivity index (χ1v) is 2.86. The third kappa shape index (κ3) is 3.78. The zero-order valence-corrected chi connectivity index (χ0v) is 5.15. The molecule has 2 heteroatoms. The van der Waals surface area contributed by atoms with Gasteiger partial charge in [-0.2, -0.15) is 0 Å². The minimum absolute atomic E-state index is 0.255. The maximum Gasteiger partial charge on any atom is 0.0897 e. The normalized spacial score (nSPS) is 13.2. The second kappa shape index (κ2) is 4.75. The highest BCUT2D eigenvalue weighted by molar-refractivity contribution is 5.53. The van der Waals surface area contributed by atoms with Gasteiger partial charge in [-0.05, 0) is 25.0 Å². The summed E-state index contributed by atoms with van der Waals surface area (Å²) in [5.41, 5.74) is 0. The topological polar surface area (TPSA) is 23.9 Å². The van der Waals surface area contributed by atoms with Gasteiger partial charge in [-0.3, -0.25) is 4.39 Å². The monoisotopic (exact) mass is 117 g/mol. The Morgan fingerprint density at radius 2 is 2.38 bits per heavy atom. The molecule has 0 unspecified atom stereocenters. The van der Waals surface area contributed by atoms with Crippen LogP contribution in [0.25, 0.3) is 0 Å². The Morgan fingerprint density at radius 1 is 1.75 bits per heavy atom. The predicted octanol–water partition coefficient (Wildman–Crippen LogP) is 2.02. The van der Waals surface area contributed by atoms with Gasteiger partial charge in [-0.25, -0.2) is 0 Å². The van der Waals surface area contributed by atoms with E-state index in [1.807, 2.05) is 6.92 Å². The zero-order chi connectivity index (χ0) is 6.41. The number of alkyl halides is 1. The van der Waals surface area contributed by atoms with Crippen LogP contribution in [0, 0.1) is 11.3 Å². The lowest BCUT2D eigenvalue weighted by Gasteiger charge is -2.01. The van der Waals surface area contributed by atoms with Crippen molar-refractivity contribution in [3.05, 3.63) is 0 Å². The van der Waals surface area contributed by atoms with Gasteiger partial charge in [0.05, 0.1) is 6.67 Å². The molecule has 1 atom stereocenters. The smallest absolute Gasteiger partial charge is 0.0897 e. The van der Waals surface area contributed by atoms with Crippen LogP contribution in [-0.2, 0) is 0 Å². The van der Waals surface area contributed by atoms with E-state index in [4.69, 9.17) is 5.41 Å². The third-order valence-electron chi connectivity index (χ3n) is 1.12. The average Bonchev–Trinajstić information content (AvgIpc) is 1.68. The molecule has 1 N–H and O–H groups in total. The van der Waals surface area contributed by atoms with Gasteiger partial charge in [0.25, 0.3) is 0 Å². The molecule has 0 heterocycles. The van der Waals surface area contributed by atoms with Crippen LogP contribution in [0.3, 0.4) is 0 Å². The largest absolute Gasteiger partial charge is 0.313 e. The van der Waals surface area contributed by atoms with Gasteiger partial charge in [0.2, 0.25) is 0 Å². The lowest BCUT2D eigenvalue weighted by molar-refractivity contribution is 0.411. The van der Waals surface area contributed by atoms with E-state index in [2.05, 4.69) is 0 Å². The van der Waals surface area contributed by atoms with Gasteiger partial charge in [-0.1, -0.05) is 6.92 Å². The number of hydrogen-bond acceptors (Lipinski definition) is 1. The summed E-state index contributed by atoms with van der Waals surface area (Å²) in [5.74, 6) is 0.345. The molecule has 0 saturated heterocycles. The second-order valence-electron chi connectivity index (χ2n) is 2.02. The Bertz CT molecular complexity index is 63.5. The van der Waals surface area contributed by atoms with E-state index in [1.54, 1.807) is 0 Å². The van der Waals surface area contributed by atoms with Crippen molar-refractivity contribution in [3.8, 4) is 0 Å². The molecule has 0 aromatic rings. The summed E-state index contributed by atoms with van der Waals surface area (Å²) in [4.78, 5) is 0. The van der Waals surface area contributed by atoms with Gasteiger partial charge in [0, 0.05) is 0 Å². The van der Waals surface area contributed by atoms with Crippen LogP contribution in [0.5, 0.6) is 0 Å². The first kappa shape index (κ1) is 7.60. The summed E-state index contributed by atoms with van der Waals surface area (Å²) in [5, 5.41) is 6.66. The molecular formula is C6H12FN. The van der Waals surface area contributed by atoms with Crippen LogP contribution in [-0.4, -0.2) is 12.9 Å². The summed E-state index contributed by atoms with van der Waals surface area (Å²) in [6, 6.07) is 0. The highest BCUT2D eigenvalue weighted by Crippen LogP contribution is 2.04. The molecule has 0 fully saturated rings. The van der Waals surface area contributed by atoms with Crippen molar-refractivity contribution in [3.63, 3.8) is 0 Å².